The molecule has 3 amide bonds. The number of likely N-dealkylation sites (tertiary alicyclic amines) is 1. The molecule has 0 atom stereocenters. The third-order valence-electron chi connectivity index (χ3n) is 6.44. The van der Waals surface area contributed by atoms with Gasteiger partial charge >= 0.3 is 6.03 Å². The molecule has 1 heterocycles. The molecule has 3 N–H and O–H groups in total. The monoisotopic (exact) mass is 495 g/mol. The number of methoxy groups -OCH3 is 1. The summed E-state index contributed by atoms with van der Waals surface area (Å²) in [4.78, 5) is 26.9. The molecule has 1 aromatic carbocycles. The molecule has 2 fully saturated rings. The van der Waals surface area contributed by atoms with Crippen molar-refractivity contribution in [3.8, 4) is 5.75 Å². The zero-order valence-electron chi connectivity index (χ0n) is 20.3. The quantitative estimate of drug-likeness (QED) is 0.507. The van der Waals surface area contributed by atoms with E-state index in [1.165, 1.54) is 52.6 Å². The molecule has 1 saturated carbocycles. The number of amides is 3. The summed E-state index contributed by atoms with van der Waals surface area (Å²) in [6, 6.07) is 4.85. The van der Waals surface area contributed by atoms with Crippen molar-refractivity contribution >= 4 is 27.6 Å². The molecule has 0 bridgehead atoms. The van der Waals surface area contributed by atoms with E-state index in [9.17, 15) is 18.0 Å². The summed E-state index contributed by atoms with van der Waals surface area (Å²) in [6.07, 6.45) is 7.26. The number of nitrogens with one attached hydrogen (secondary N) is 3. The Morgan fingerprint density at radius 1 is 1.03 bits per heavy atom. The molecule has 1 saturated heterocycles. The number of carbonyl (C=O) groups excluding carboxylic acids is 2. The fourth-order valence-corrected chi connectivity index (χ4v) is 5.53. The van der Waals surface area contributed by atoms with Gasteiger partial charge in [-0.05, 0) is 43.9 Å². The minimum atomic E-state index is -3.72. The highest BCUT2D eigenvalue weighted by atomic mass is 32.2. The number of ether oxygens (including phenoxy) is 1. The first-order chi connectivity index (χ1) is 16.2. The number of benzene rings is 1. The van der Waals surface area contributed by atoms with Crippen LogP contribution in [0.15, 0.2) is 23.1 Å². The first-order valence-electron chi connectivity index (χ1n) is 11.9. The SMILES string of the molecule is COc1ccc(NC(=O)CN2CCC(NC(=O)NC3CCCCC3)CC2)cc1S(=O)(=O)N(C)C. The maximum atomic E-state index is 12.6. The standard InChI is InChI=1S/C23H37N5O5S/c1-27(2)34(31,32)21-15-19(9-10-20(21)33-3)24-22(29)16-28-13-11-18(12-14-28)26-23(30)25-17-7-5-4-6-8-17/h9-10,15,17-18H,4-8,11-14,16H2,1-3H3,(H,24,29)(H2,25,26,30). The minimum Gasteiger partial charge on any atom is -0.495 e. The van der Waals surface area contributed by atoms with Crippen LogP contribution < -0.4 is 20.7 Å². The smallest absolute Gasteiger partial charge is 0.315 e. The summed E-state index contributed by atoms with van der Waals surface area (Å²) in [5.41, 5.74) is 0.391. The number of nitrogens with zero attached hydrogens (tertiary/aromatic N) is 2. The molecule has 10 nitrogen and oxygen atoms in total. The third-order valence-corrected chi connectivity index (χ3v) is 8.27. The number of piperidine rings is 1. The third kappa shape index (κ3) is 7.07. The number of anilines is 1. The molecule has 0 unspecified atom stereocenters. The summed E-state index contributed by atoms with van der Waals surface area (Å²) < 4.78 is 31.4. The summed E-state index contributed by atoms with van der Waals surface area (Å²) in [5, 5.41) is 8.94. The predicted molar refractivity (Wildman–Crippen MR) is 130 cm³/mol. The van der Waals surface area contributed by atoms with Crippen molar-refractivity contribution in [3.05, 3.63) is 18.2 Å². The Balaban J connectivity index is 1.47. The van der Waals surface area contributed by atoms with E-state index in [1.54, 1.807) is 6.07 Å². The molecular weight excluding hydrogens is 458 g/mol. The molecule has 0 spiro atoms. The zero-order valence-corrected chi connectivity index (χ0v) is 21.1. The number of carbonyl (C=O) groups is 2. The maximum absolute atomic E-state index is 12.6. The second kappa shape index (κ2) is 11.9. The van der Waals surface area contributed by atoms with E-state index in [0.29, 0.717) is 18.8 Å². The highest BCUT2D eigenvalue weighted by molar-refractivity contribution is 7.89. The maximum Gasteiger partial charge on any atom is 0.315 e. The second-order valence-corrected chi connectivity index (χ2v) is 11.3. The van der Waals surface area contributed by atoms with Crippen molar-refractivity contribution in [2.75, 3.05) is 46.2 Å². The van der Waals surface area contributed by atoms with Crippen molar-refractivity contribution in [2.45, 2.75) is 61.9 Å². The Kier molecular flexibility index (Phi) is 9.15. The van der Waals surface area contributed by atoms with Crippen LogP contribution in [0.3, 0.4) is 0 Å². The highest BCUT2D eigenvalue weighted by Crippen LogP contribution is 2.29. The van der Waals surface area contributed by atoms with E-state index in [1.807, 2.05) is 4.90 Å². The number of hydrogen-bond donors (Lipinski definition) is 3. The van der Waals surface area contributed by atoms with Gasteiger partial charge < -0.3 is 20.7 Å². The summed E-state index contributed by atoms with van der Waals surface area (Å²) in [5.74, 6) is -0.00591. The first-order valence-corrected chi connectivity index (χ1v) is 13.3. The van der Waals surface area contributed by atoms with Gasteiger partial charge in [-0.15, -0.1) is 0 Å². The molecule has 190 valence electrons. The van der Waals surface area contributed by atoms with Crippen LogP contribution in [-0.2, 0) is 14.8 Å². The van der Waals surface area contributed by atoms with Gasteiger partial charge in [0.15, 0.2) is 0 Å². The number of hydrogen-bond acceptors (Lipinski definition) is 6. The van der Waals surface area contributed by atoms with Crippen molar-refractivity contribution in [1.82, 2.24) is 19.8 Å². The fourth-order valence-electron chi connectivity index (χ4n) is 4.45. The van der Waals surface area contributed by atoms with E-state index in [2.05, 4.69) is 16.0 Å². The Morgan fingerprint density at radius 2 is 1.65 bits per heavy atom. The summed E-state index contributed by atoms with van der Waals surface area (Å²) in [7, 11) is 0.564. The Labute approximate surface area is 202 Å². The fraction of sp³-hybridized carbons (Fsp3) is 0.652. The van der Waals surface area contributed by atoms with Gasteiger partial charge in [-0.1, -0.05) is 19.3 Å². The Bertz CT molecular complexity index is 954. The van der Waals surface area contributed by atoms with Gasteiger partial charge in [-0.2, -0.15) is 0 Å². The van der Waals surface area contributed by atoms with Crippen molar-refractivity contribution < 1.29 is 22.7 Å². The van der Waals surface area contributed by atoms with Crippen LogP contribution in [0.2, 0.25) is 0 Å². The van der Waals surface area contributed by atoms with Crippen LogP contribution in [0, 0.1) is 0 Å². The van der Waals surface area contributed by atoms with Crippen LogP contribution >= 0.6 is 0 Å². The lowest BCUT2D eigenvalue weighted by Gasteiger charge is -2.32. The molecular formula is C23H37N5O5S. The van der Waals surface area contributed by atoms with Gasteiger partial charge in [0.05, 0.1) is 13.7 Å². The molecule has 0 radical (unpaired) electrons. The highest BCUT2D eigenvalue weighted by Gasteiger charge is 2.25. The summed E-state index contributed by atoms with van der Waals surface area (Å²) in [6.45, 7) is 1.60. The predicted octanol–water partition coefficient (Wildman–Crippen LogP) is 1.98. The van der Waals surface area contributed by atoms with Crippen LogP contribution in [0.5, 0.6) is 5.75 Å². The average molecular weight is 496 g/mol. The van der Waals surface area contributed by atoms with Crippen LogP contribution in [0.4, 0.5) is 10.5 Å². The molecule has 0 aromatic heterocycles. The van der Waals surface area contributed by atoms with Crippen molar-refractivity contribution in [3.63, 3.8) is 0 Å². The topological polar surface area (TPSA) is 120 Å². The number of urea groups is 1. The minimum absolute atomic E-state index is 0.00353. The van der Waals surface area contributed by atoms with E-state index >= 15 is 0 Å². The summed E-state index contributed by atoms with van der Waals surface area (Å²) >= 11 is 0. The van der Waals surface area contributed by atoms with Crippen molar-refractivity contribution in [1.29, 1.82) is 0 Å². The van der Waals surface area contributed by atoms with E-state index < -0.39 is 10.0 Å². The molecule has 1 aliphatic carbocycles. The number of sulfonamides is 1. The Hall–Kier alpha value is -2.37. The molecule has 2 aliphatic rings. The van der Waals surface area contributed by atoms with Gasteiger partial charge in [0, 0.05) is 45.0 Å². The lowest BCUT2D eigenvalue weighted by molar-refractivity contribution is -0.117. The van der Waals surface area contributed by atoms with Crippen LogP contribution in [0.1, 0.15) is 44.9 Å². The average Bonchev–Trinajstić information content (AvgIpc) is 2.80. The Morgan fingerprint density at radius 3 is 2.24 bits per heavy atom. The molecule has 34 heavy (non-hydrogen) atoms. The van der Waals surface area contributed by atoms with Gasteiger partial charge in [-0.3, -0.25) is 9.69 Å². The van der Waals surface area contributed by atoms with Gasteiger partial charge in [0.1, 0.15) is 10.6 Å². The zero-order chi connectivity index (χ0) is 24.7. The lowest BCUT2D eigenvalue weighted by atomic mass is 9.96. The molecule has 11 heteroatoms. The molecule has 1 aromatic rings. The first kappa shape index (κ1) is 26.2. The van der Waals surface area contributed by atoms with Crippen molar-refractivity contribution in [2.24, 2.45) is 0 Å². The second-order valence-electron chi connectivity index (χ2n) is 9.20. The van der Waals surface area contributed by atoms with Gasteiger partial charge in [-0.25, -0.2) is 17.5 Å². The van der Waals surface area contributed by atoms with Crippen LogP contribution in [0.25, 0.3) is 0 Å². The molecule has 1 aliphatic heterocycles. The van der Waals surface area contributed by atoms with E-state index in [4.69, 9.17) is 4.74 Å². The van der Waals surface area contributed by atoms with Gasteiger partial charge in [0.2, 0.25) is 15.9 Å². The van der Waals surface area contributed by atoms with E-state index in [0.717, 1.165) is 30.0 Å². The normalized spacial score (nSPS) is 18.5. The van der Waals surface area contributed by atoms with E-state index in [-0.39, 0.29) is 41.2 Å². The molecule has 3 rings (SSSR count). The van der Waals surface area contributed by atoms with Crippen LogP contribution in [-0.4, -0.2) is 82.5 Å². The lowest BCUT2D eigenvalue weighted by Crippen LogP contribution is -2.51. The van der Waals surface area contributed by atoms with Gasteiger partial charge in [0.25, 0.3) is 0 Å². The largest absolute Gasteiger partial charge is 0.495 e. The number of rotatable bonds is 8.